The van der Waals surface area contributed by atoms with Gasteiger partial charge in [0.1, 0.15) is 22.8 Å². The van der Waals surface area contributed by atoms with Gasteiger partial charge in [0.05, 0.1) is 11.4 Å². The zero-order valence-corrected chi connectivity index (χ0v) is 12.1. The Morgan fingerprint density at radius 3 is 2.75 bits per heavy atom. The summed E-state index contributed by atoms with van der Waals surface area (Å²) in [5, 5.41) is 4.85. The van der Waals surface area contributed by atoms with Gasteiger partial charge >= 0.3 is 5.69 Å². The van der Waals surface area contributed by atoms with E-state index < -0.39 is 0 Å². The normalized spacial score (nSPS) is 10.7. The van der Waals surface area contributed by atoms with Crippen LogP contribution in [0.5, 0.6) is 5.75 Å². The molecule has 0 saturated carbocycles. The van der Waals surface area contributed by atoms with Crippen LogP contribution in [0.2, 0.25) is 4.34 Å². The van der Waals surface area contributed by atoms with Gasteiger partial charge in [0, 0.05) is 0 Å². The van der Waals surface area contributed by atoms with E-state index in [1.165, 1.54) is 26.9 Å². The number of thiophene rings is 1. The molecule has 2 aromatic heterocycles. The summed E-state index contributed by atoms with van der Waals surface area (Å²) in [6.45, 7) is 0. The van der Waals surface area contributed by atoms with Gasteiger partial charge in [-0.25, -0.2) is 9.36 Å². The number of ether oxygens (including phenoxy) is 1. The van der Waals surface area contributed by atoms with Gasteiger partial charge in [-0.15, -0.1) is 11.3 Å². The molecule has 0 N–H and O–H groups in total. The number of nitrogens with zero attached hydrogens (tertiary/aromatic N) is 3. The van der Waals surface area contributed by atoms with Crippen LogP contribution in [0, 0.1) is 0 Å². The van der Waals surface area contributed by atoms with Crippen LogP contribution in [0.25, 0.3) is 10.7 Å². The average molecular weight is 308 g/mol. The van der Waals surface area contributed by atoms with Crippen molar-refractivity contribution in [1.82, 2.24) is 14.3 Å². The molecule has 20 heavy (non-hydrogen) atoms. The highest BCUT2D eigenvalue weighted by Crippen LogP contribution is 2.24. The molecule has 0 radical (unpaired) electrons. The van der Waals surface area contributed by atoms with Crippen molar-refractivity contribution >= 4 is 22.9 Å². The number of hydrogen-bond acceptors (Lipinski definition) is 4. The first kappa shape index (κ1) is 13.0. The Bertz CT molecular complexity index is 806. The monoisotopic (exact) mass is 307 g/mol. The molecule has 0 aliphatic carbocycles. The van der Waals surface area contributed by atoms with Crippen LogP contribution in [0.4, 0.5) is 0 Å². The number of hydrogen-bond donors (Lipinski definition) is 0. The molecule has 0 saturated heterocycles. The summed E-state index contributed by atoms with van der Waals surface area (Å²) in [5.41, 5.74) is 0.328. The second-order valence-corrected chi connectivity index (χ2v) is 5.64. The molecule has 102 valence electrons. The smallest absolute Gasteiger partial charge is 0.355 e. The molecule has 0 spiro atoms. The van der Waals surface area contributed by atoms with Gasteiger partial charge in [-0.1, -0.05) is 23.7 Å². The Morgan fingerprint density at radius 1 is 1.25 bits per heavy atom. The number of benzene rings is 1. The summed E-state index contributed by atoms with van der Waals surface area (Å²) >= 11 is 7.21. The second-order valence-electron chi connectivity index (χ2n) is 3.94. The Balaban J connectivity index is 2.13. The summed E-state index contributed by atoms with van der Waals surface area (Å²) < 4.78 is 8.61. The predicted molar refractivity (Wildman–Crippen MR) is 78.6 cm³/mol. The van der Waals surface area contributed by atoms with E-state index in [-0.39, 0.29) is 5.69 Å². The second kappa shape index (κ2) is 5.15. The molecule has 0 unspecified atom stereocenters. The van der Waals surface area contributed by atoms with Crippen LogP contribution in [-0.2, 0) is 0 Å². The lowest BCUT2D eigenvalue weighted by Crippen LogP contribution is -2.22. The Labute approximate surface area is 123 Å². The quantitative estimate of drug-likeness (QED) is 0.747. The van der Waals surface area contributed by atoms with E-state index in [0.717, 1.165) is 5.00 Å². The van der Waals surface area contributed by atoms with E-state index in [4.69, 9.17) is 16.3 Å². The largest absolute Gasteiger partial charge is 0.494 e. The Kier molecular flexibility index (Phi) is 3.33. The predicted octanol–water partition coefficient (Wildman–Crippen LogP) is 2.75. The molecule has 0 atom stereocenters. The molecule has 7 heteroatoms. The third kappa shape index (κ3) is 2.13. The summed E-state index contributed by atoms with van der Waals surface area (Å²) in [7, 11) is 1.56. The van der Waals surface area contributed by atoms with Crippen LogP contribution in [0.15, 0.2) is 47.5 Å². The lowest BCUT2D eigenvalue weighted by atomic mass is 10.3. The van der Waals surface area contributed by atoms with E-state index in [9.17, 15) is 4.79 Å². The van der Waals surface area contributed by atoms with E-state index in [1.54, 1.807) is 31.4 Å². The van der Waals surface area contributed by atoms with E-state index >= 15 is 0 Å². The number of para-hydroxylation sites is 2. The minimum Gasteiger partial charge on any atom is -0.494 e. The molecule has 0 aliphatic rings. The first-order valence-corrected chi connectivity index (χ1v) is 6.96. The third-order valence-electron chi connectivity index (χ3n) is 2.78. The highest BCUT2D eigenvalue weighted by molar-refractivity contribution is 7.18. The molecule has 2 heterocycles. The first-order valence-electron chi connectivity index (χ1n) is 5.76. The van der Waals surface area contributed by atoms with Crippen LogP contribution in [-0.4, -0.2) is 21.5 Å². The van der Waals surface area contributed by atoms with Crippen LogP contribution in [0.1, 0.15) is 0 Å². The number of halogens is 1. The molecule has 3 rings (SSSR count). The molecule has 0 fully saturated rings. The van der Waals surface area contributed by atoms with Gasteiger partial charge in [0.25, 0.3) is 0 Å². The fourth-order valence-electron chi connectivity index (χ4n) is 1.86. The van der Waals surface area contributed by atoms with Crippen molar-refractivity contribution in [2.45, 2.75) is 0 Å². The molecule has 0 bridgehead atoms. The average Bonchev–Trinajstić information content (AvgIpc) is 3.05. The summed E-state index contributed by atoms with van der Waals surface area (Å²) in [4.78, 5) is 12.4. The van der Waals surface area contributed by atoms with Crippen molar-refractivity contribution in [3.05, 3.63) is 57.5 Å². The summed E-state index contributed by atoms with van der Waals surface area (Å²) in [6, 6.07) is 10.7. The van der Waals surface area contributed by atoms with Crippen LogP contribution < -0.4 is 10.4 Å². The molecular weight excluding hydrogens is 298 g/mol. The molecular formula is C13H10ClN3O2S. The number of rotatable bonds is 3. The van der Waals surface area contributed by atoms with Gasteiger partial charge in [0.2, 0.25) is 0 Å². The van der Waals surface area contributed by atoms with Gasteiger partial charge in [-0.2, -0.15) is 9.78 Å². The number of aromatic nitrogens is 3. The van der Waals surface area contributed by atoms with Crippen LogP contribution in [0.3, 0.4) is 0 Å². The molecule has 1 aromatic carbocycles. The summed E-state index contributed by atoms with van der Waals surface area (Å²) in [6.07, 6.45) is 1.47. The molecule has 3 aromatic rings. The lowest BCUT2D eigenvalue weighted by molar-refractivity contribution is 0.411. The highest BCUT2D eigenvalue weighted by Gasteiger charge is 2.13. The number of methoxy groups -OCH3 is 1. The maximum absolute atomic E-state index is 12.4. The fourth-order valence-corrected chi connectivity index (χ4v) is 2.86. The minimum atomic E-state index is -0.270. The van der Waals surface area contributed by atoms with E-state index in [0.29, 0.717) is 15.8 Å². The maximum atomic E-state index is 12.4. The molecule has 0 amide bonds. The standard InChI is InChI=1S/C13H10ClN3O2S/c1-19-10-5-3-2-4-9(10)17-13(18)16(8-15-17)12-7-6-11(14)20-12/h2-8H,1H3. The van der Waals surface area contributed by atoms with Crippen molar-refractivity contribution in [2.75, 3.05) is 7.11 Å². The third-order valence-corrected chi connectivity index (χ3v) is 4.01. The van der Waals surface area contributed by atoms with E-state index in [2.05, 4.69) is 5.10 Å². The zero-order chi connectivity index (χ0) is 14.1. The van der Waals surface area contributed by atoms with Crippen molar-refractivity contribution in [2.24, 2.45) is 0 Å². The molecule has 5 nitrogen and oxygen atoms in total. The first-order chi connectivity index (χ1) is 9.70. The van der Waals surface area contributed by atoms with Crippen molar-refractivity contribution in [3.63, 3.8) is 0 Å². The Hall–Kier alpha value is -2.05. The topological polar surface area (TPSA) is 49.0 Å². The van der Waals surface area contributed by atoms with Crippen molar-refractivity contribution < 1.29 is 4.74 Å². The van der Waals surface area contributed by atoms with Gasteiger partial charge < -0.3 is 4.74 Å². The zero-order valence-electron chi connectivity index (χ0n) is 10.5. The van der Waals surface area contributed by atoms with Gasteiger partial charge in [0.15, 0.2) is 0 Å². The minimum absolute atomic E-state index is 0.270. The lowest BCUT2D eigenvalue weighted by Gasteiger charge is -2.06. The maximum Gasteiger partial charge on any atom is 0.355 e. The molecule has 0 aliphatic heterocycles. The summed E-state index contributed by atoms with van der Waals surface area (Å²) in [5.74, 6) is 0.587. The van der Waals surface area contributed by atoms with E-state index in [1.807, 2.05) is 12.1 Å². The van der Waals surface area contributed by atoms with Crippen molar-refractivity contribution in [1.29, 1.82) is 0 Å². The highest BCUT2D eigenvalue weighted by atomic mass is 35.5. The van der Waals surface area contributed by atoms with Crippen LogP contribution >= 0.6 is 22.9 Å². The van der Waals surface area contributed by atoms with Gasteiger partial charge in [-0.3, -0.25) is 0 Å². The SMILES string of the molecule is COc1ccccc1-n1ncn(-c2ccc(Cl)s2)c1=O. The fraction of sp³-hybridized carbons (Fsp3) is 0.0769. The van der Waals surface area contributed by atoms with Crippen molar-refractivity contribution in [3.8, 4) is 16.4 Å². The Morgan fingerprint density at radius 2 is 2.05 bits per heavy atom. The van der Waals surface area contributed by atoms with Gasteiger partial charge in [-0.05, 0) is 24.3 Å².